The van der Waals surface area contributed by atoms with Crippen molar-refractivity contribution in [1.29, 1.82) is 0 Å². The first-order valence-electron chi connectivity index (χ1n) is 5.10. The molecule has 0 aromatic heterocycles. The molecule has 0 heterocycles. The van der Waals surface area contributed by atoms with Crippen molar-refractivity contribution in [3.05, 3.63) is 33.8 Å². The molecule has 1 N–H and O–H groups in total. The maximum atomic E-state index is 11.9. The molecule has 0 aliphatic carbocycles. The lowest BCUT2D eigenvalue weighted by Gasteiger charge is -2.17. The van der Waals surface area contributed by atoms with Crippen LogP contribution in [-0.2, 0) is 0 Å². The molecule has 1 aromatic carbocycles. The van der Waals surface area contributed by atoms with Crippen molar-refractivity contribution in [1.82, 2.24) is 4.90 Å². The third-order valence-electron chi connectivity index (χ3n) is 2.60. The molecule has 0 saturated carbocycles. The minimum absolute atomic E-state index is 0.0509. The monoisotopic (exact) mass is 241 g/mol. The number of carbonyl (C=O) groups is 1. The maximum absolute atomic E-state index is 11.9. The van der Waals surface area contributed by atoms with Gasteiger partial charge in [0.05, 0.1) is 17.2 Å². The molecule has 88 valence electrons. The Morgan fingerprint density at radius 1 is 1.38 bits per heavy atom. The van der Waals surface area contributed by atoms with Crippen LogP contribution in [0.2, 0.25) is 5.02 Å². The first-order valence-corrected chi connectivity index (χ1v) is 5.48. The molecule has 1 aromatic rings. The third-order valence-corrected chi connectivity index (χ3v) is 2.91. The van der Waals surface area contributed by atoms with Gasteiger partial charge in [0, 0.05) is 13.6 Å². The predicted molar refractivity (Wildman–Crippen MR) is 65.0 cm³/mol. The fourth-order valence-corrected chi connectivity index (χ4v) is 1.70. The number of rotatable bonds is 3. The number of benzene rings is 1. The van der Waals surface area contributed by atoms with E-state index < -0.39 is 0 Å². The van der Waals surface area contributed by atoms with Gasteiger partial charge in [-0.1, -0.05) is 11.6 Å². The van der Waals surface area contributed by atoms with Crippen molar-refractivity contribution >= 4 is 17.5 Å². The van der Waals surface area contributed by atoms with Crippen LogP contribution in [0.4, 0.5) is 0 Å². The summed E-state index contributed by atoms with van der Waals surface area (Å²) < 4.78 is 0. The molecular weight excluding hydrogens is 226 g/mol. The van der Waals surface area contributed by atoms with Crippen LogP contribution < -0.4 is 0 Å². The van der Waals surface area contributed by atoms with Gasteiger partial charge < -0.3 is 10.0 Å². The smallest absolute Gasteiger partial charge is 0.255 e. The first-order chi connectivity index (χ1) is 7.47. The molecular formula is C12H16ClNO2. The van der Waals surface area contributed by atoms with Crippen LogP contribution in [0, 0.1) is 13.8 Å². The summed E-state index contributed by atoms with van der Waals surface area (Å²) in [4.78, 5) is 13.4. The van der Waals surface area contributed by atoms with E-state index in [0.717, 1.165) is 11.1 Å². The molecule has 0 bridgehead atoms. The molecule has 0 saturated heterocycles. The van der Waals surface area contributed by atoms with E-state index in [-0.39, 0.29) is 12.5 Å². The SMILES string of the molecule is Cc1cc(Cl)c(C(=O)N(C)CCO)cc1C. The summed E-state index contributed by atoms with van der Waals surface area (Å²) >= 11 is 6.03. The molecule has 1 amide bonds. The second kappa shape index (κ2) is 5.32. The van der Waals surface area contributed by atoms with Crippen molar-refractivity contribution < 1.29 is 9.90 Å². The summed E-state index contributed by atoms with van der Waals surface area (Å²) in [6.07, 6.45) is 0. The van der Waals surface area contributed by atoms with Gasteiger partial charge in [-0.15, -0.1) is 0 Å². The van der Waals surface area contributed by atoms with E-state index in [1.807, 2.05) is 13.8 Å². The van der Waals surface area contributed by atoms with Crippen LogP contribution in [0.15, 0.2) is 12.1 Å². The fraction of sp³-hybridized carbons (Fsp3) is 0.417. The second-order valence-corrected chi connectivity index (χ2v) is 4.27. The van der Waals surface area contributed by atoms with Gasteiger partial charge >= 0.3 is 0 Å². The van der Waals surface area contributed by atoms with Gasteiger partial charge in [-0.05, 0) is 37.1 Å². The highest BCUT2D eigenvalue weighted by Gasteiger charge is 2.15. The minimum atomic E-state index is -0.165. The Hall–Kier alpha value is -1.06. The Morgan fingerprint density at radius 2 is 1.94 bits per heavy atom. The summed E-state index contributed by atoms with van der Waals surface area (Å²) in [5.74, 6) is -0.165. The Kier molecular flexibility index (Phi) is 4.33. The molecule has 4 heteroatoms. The standard InChI is InChI=1S/C12H16ClNO2/c1-8-6-10(11(13)7-9(8)2)12(16)14(3)4-5-15/h6-7,15H,4-5H2,1-3H3. The van der Waals surface area contributed by atoms with Crippen molar-refractivity contribution in [2.45, 2.75) is 13.8 Å². The van der Waals surface area contributed by atoms with E-state index in [0.29, 0.717) is 17.1 Å². The fourth-order valence-electron chi connectivity index (χ4n) is 1.40. The minimum Gasteiger partial charge on any atom is -0.395 e. The molecule has 3 nitrogen and oxygen atoms in total. The molecule has 0 aliphatic heterocycles. The van der Waals surface area contributed by atoms with E-state index in [1.54, 1.807) is 19.2 Å². The highest BCUT2D eigenvalue weighted by molar-refractivity contribution is 6.33. The average molecular weight is 242 g/mol. The summed E-state index contributed by atoms with van der Waals surface area (Å²) in [5, 5.41) is 9.23. The topological polar surface area (TPSA) is 40.5 Å². The molecule has 1 rings (SSSR count). The largest absolute Gasteiger partial charge is 0.395 e. The maximum Gasteiger partial charge on any atom is 0.255 e. The molecule has 16 heavy (non-hydrogen) atoms. The molecule has 0 spiro atoms. The van der Waals surface area contributed by atoms with Gasteiger partial charge in [0.15, 0.2) is 0 Å². The zero-order valence-electron chi connectivity index (χ0n) is 9.75. The zero-order chi connectivity index (χ0) is 12.3. The van der Waals surface area contributed by atoms with Gasteiger partial charge in [0.25, 0.3) is 5.91 Å². The van der Waals surface area contributed by atoms with Crippen molar-refractivity contribution in [2.24, 2.45) is 0 Å². The Balaban J connectivity index is 3.04. The van der Waals surface area contributed by atoms with Gasteiger partial charge in [0.1, 0.15) is 0 Å². The Morgan fingerprint density at radius 3 is 2.50 bits per heavy atom. The Bertz CT molecular complexity index is 404. The average Bonchev–Trinajstić information content (AvgIpc) is 2.23. The van der Waals surface area contributed by atoms with E-state index in [1.165, 1.54) is 4.90 Å². The van der Waals surface area contributed by atoms with E-state index in [9.17, 15) is 4.79 Å². The summed E-state index contributed by atoms with van der Waals surface area (Å²) in [7, 11) is 1.64. The quantitative estimate of drug-likeness (QED) is 0.880. The molecule has 0 atom stereocenters. The van der Waals surface area contributed by atoms with Gasteiger partial charge in [-0.3, -0.25) is 4.79 Å². The lowest BCUT2D eigenvalue weighted by Crippen LogP contribution is -2.29. The molecule has 0 unspecified atom stereocenters. The normalized spacial score (nSPS) is 10.3. The van der Waals surface area contributed by atoms with Crippen LogP contribution in [0.5, 0.6) is 0 Å². The lowest BCUT2D eigenvalue weighted by molar-refractivity contribution is 0.0767. The van der Waals surface area contributed by atoms with Crippen LogP contribution in [0.25, 0.3) is 0 Å². The number of carbonyl (C=O) groups excluding carboxylic acids is 1. The summed E-state index contributed by atoms with van der Waals surface area (Å²) in [6, 6.07) is 3.57. The van der Waals surface area contributed by atoms with Gasteiger partial charge in [-0.25, -0.2) is 0 Å². The van der Waals surface area contributed by atoms with Crippen molar-refractivity contribution in [2.75, 3.05) is 20.2 Å². The number of halogens is 1. The lowest BCUT2D eigenvalue weighted by atomic mass is 10.1. The number of hydrogen-bond donors (Lipinski definition) is 1. The second-order valence-electron chi connectivity index (χ2n) is 3.87. The Labute approximate surface area is 101 Å². The first kappa shape index (κ1) is 13.0. The number of amides is 1. The van der Waals surface area contributed by atoms with Crippen LogP contribution >= 0.6 is 11.6 Å². The molecule has 0 aliphatic rings. The molecule has 0 radical (unpaired) electrons. The van der Waals surface area contributed by atoms with Crippen molar-refractivity contribution in [3.8, 4) is 0 Å². The van der Waals surface area contributed by atoms with E-state index >= 15 is 0 Å². The van der Waals surface area contributed by atoms with Crippen LogP contribution in [-0.4, -0.2) is 36.1 Å². The number of hydrogen-bond acceptors (Lipinski definition) is 2. The van der Waals surface area contributed by atoms with Crippen molar-refractivity contribution in [3.63, 3.8) is 0 Å². The highest BCUT2D eigenvalue weighted by Crippen LogP contribution is 2.21. The van der Waals surface area contributed by atoms with Crippen LogP contribution in [0.3, 0.4) is 0 Å². The number of aliphatic hydroxyl groups is 1. The van der Waals surface area contributed by atoms with E-state index in [4.69, 9.17) is 16.7 Å². The van der Waals surface area contributed by atoms with Gasteiger partial charge in [0.2, 0.25) is 0 Å². The number of aryl methyl sites for hydroxylation is 2. The number of nitrogens with zero attached hydrogens (tertiary/aromatic N) is 1. The van der Waals surface area contributed by atoms with E-state index in [2.05, 4.69) is 0 Å². The molecule has 0 fully saturated rings. The zero-order valence-corrected chi connectivity index (χ0v) is 10.5. The third kappa shape index (κ3) is 2.74. The summed E-state index contributed by atoms with van der Waals surface area (Å²) in [6.45, 7) is 4.15. The summed E-state index contributed by atoms with van der Waals surface area (Å²) in [5.41, 5.74) is 2.58. The van der Waals surface area contributed by atoms with Crippen LogP contribution in [0.1, 0.15) is 21.5 Å². The predicted octanol–water partition coefficient (Wildman–Crippen LogP) is 2.02. The van der Waals surface area contributed by atoms with Gasteiger partial charge in [-0.2, -0.15) is 0 Å². The highest BCUT2D eigenvalue weighted by atomic mass is 35.5. The number of aliphatic hydroxyl groups excluding tert-OH is 1. The number of likely N-dealkylation sites (N-methyl/N-ethyl adjacent to an activating group) is 1.